The lowest BCUT2D eigenvalue weighted by Gasteiger charge is -2.40. The van der Waals surface area contributed by atoms with Crippen LogP contribution in [0, 0.1) is 6.92 Å². The summed E-state index contributed by atoms with van der Waals surface area (Å²) in [6, 6.07) is 4.08. The molecule has 1 fully saturated rings. The molecule has 0 aliphatic carbocycles. The van der Waals surface area contributed by atoms with Gasteiger partial charge < -0.3 is 19.4 Å². The quantitative estimate of drug-likeness (QED) is 0.663. The van der Waals surface area contributed by atoms with Crippen molar-refractivity contribution in [2.45, 2.75) is 73.1 Å². The molecule has 30 heavy (non-hydrogen) atoms. The monoisotopic (exact) mass is 437 g/mol. The number of piperazine rings is 1. The smallest absolute Gasteiger partial charge is 0.410 e. The van der Waals surface area contributed by atoms with Crippen LogP contribution in [0.3, 0.4) is 0 Å². The second-order valence-electron chi connectivity index (χ2n) is 9.31. The minimum atomic E-state index is -0.506. The Balaban J connectivity index is 2.27. The van der Waals surface area contributed by atoms with Gasteiger partial charge in [0.15, 0.2) is 0 Å². The van der Waals surface area contributed by atoms with Gasteiger partial charge in [-0.15, -0.1) is 0 Å². The lowest BCUT2D eigenvalue weighted by Crippen LogP contribution is -2.50. The molecule has 1 atom stereocenters. The average Bonchev–Trinajstić information content (AvgIpc) is 2.61. The van der Waals surface area contributed by atoms with Crippen molar-refractivity contribution in [1.82, 2.24) is 9.80 Å². The van der Waals surface area contributed by atoms with Gasteiger partial charge in [-0.2, -0.15) is 0 Å². The van der Waals surface area contributed by atoms with Gasteiger partial charge in [0.05, 0.1) is 6.04 Å². The standard InChI is InChI=1S/C23H36ClN3O3/c1-15(2)27(18(5)28)17(4)19-13-16(3)20(24)14-21(19)25-9-11-26(12-10-25)22(29)30-23(6,7)8/h13-15,17H,9-12H2,1-8H3. The van der Waals surface area contributed by atoms with E-state index >= 15 is 0 Å². The van der Waals surface area contributed by atoms with E-state index in [0.717, 1.165) is 16.8 Å². The van der Waals surface area contributed by atoms with Crippen LogP contribution >= 0.6 is 11.6 Å². The van der Waals surface area contributed by atoms with Crippen molar-refractivity contribution in [2.75, 3.05) is 31.1 Å². The molecule has 1 aliphatic heterocycles. The molecule has 1 saturated heterocycles. The molecule has 0 spiro atoms. The predicted octanol–water partition coefficient (Wildman–Crippen LogP) is 5.02. The van der Waals surface area contributed by atoms with Crippen molar-refractivity contribution in [1.29, 1.82) is 0 Å². The van der Waals surface area contributed by atoms with E-state index in [-0.39, 0.29) is 24.1 Å². The van der Waals surface area contributed by atoms with E-state index in [1.54, 1.807) is 11.8 Å². The van der Waals surface area contributed by atoms with E-state index in [4.69, 9.17) is 16.3 Å². The number of halogens is 1. The Labute approximate surface area is 186 Å². The Hall–Kier alpha value is -1.95. The van der Waals surface area contributed by atoms with Crippen LogP contribution in [0.15, 0.2) is 12.1 Å². The fraction of sp³-hybridized carbons (Fsp3) is 0.652. The van der Waals surface area contributed by atoms with Crippen molar-refractivity contribution >= 4 is 29.3 Å². The van der Waals surface area contributed by atoms with Crippen LogP contribution < -0.4 is 4.90 Å². The summed E-state index contributed by atoms with van der Waals surface area (Å²) in [5.41, 5.74) is 2.58. The van der Waals surface area contributed by atoms with Crippen LogP contribution in [0.2, 0.25) is 5.02 Å². The summed E-state index contributed by atoms with van der Waals surface area (Å²) in [5, 5.41) is 0.703. The summed E-state index contributed by atoms with van der Waals surface area (Å²) in [5.74, 6) is 0.0470. The van der Waals surface area contributed by atoms with E-state index in [9.17, 15) is 9.59 Å². The topological polar surface area (TPSA) is 53.1 Å². The molecule has 1 heterocycles. The maximum atomic E-state index is 12.4. The molecule has 0 N–H and O–H groups in total. The molecule has 0 bridgehead atoms. The Bertz CT molecular complexity index is 781. The van der Waals surface area contributed by atoms with Gasteiger partial charge in [0, 0.05) is 49.9 Å². The first-order chi connectivity index (χ1) is 13.8. The minimum Gasteiger partial charge on any atom is -0.444 e. The highest BCUT2D eigenvalue weighted by atomic mass is 35.5. The van der Waals surface area contributed by atoms with Gasteiger partial charge in [-0.05, 0) is 65.7 Å². The maximum Gasteiger partial charge on any atom is 0.410 e. The second kappa shape index (κ2) is 9.46. The number of benzene rings is 1. The number of carbonyl (C=O) groups is 2. The molecule has 1 unspecified atom stereocenters. The zero-order valence-electron chi connectivity index (χ0n) is 19.6. The first-order valence-corrected chi connectivity index (χ1v) is 11.0. The van der Waals surface area contributed by atoms with E-state index < -0.39 is 5.60 Å². The van der Waals surface area contributed by atoms with Gasteiger partial charge in [-0.3, -0.25) is 4.79 Å². The second-order valence-corrected chi connectivity index (χ2v) is 9.72. The van der Waals surface area contributed by atoms with Crippen molar-refractivity contribution in [2.24, 2.45) is 0 Å². The third-order valence-electron chi connectivity index (χ3n) is 5.37. The number of ether oxygens (including phenoxy) is 1. The highest BCUT2D eigenvalue weighted by molar-refractivity contribution is 6.31. The minimum absolute atomic E-state index is 0.0470. The molecular formula is C23H36ClN3O3. The number of nitrogens with zero attached hydrogens (tertiary/aromatic N) is 3. The number of anilines is 1. The van der Waals surface area contributed by atoms with E-state index in [2.05, 4.69) is 17.9 Å². The normalized spacial score (nSPS) is 15.9. The average molecular weight is 438 g/mol. The predicted molar refractivity (Wildman–Crippen MR) is 122 cm³/mol. The molecule has 168 valence electrons. The Morgan fingerprint density at radius 2 is 1.67 bits per heavy atom. The third-order valence-corrected chi connectivity index (χ3v) is 5.77. The van der Waals surface area contributed by atoms with E-state index in [0.29, 0.717) is 31.2 Å². The molecule has 1 aromatic carbocycles. The maximum absolute atomic E-state index is 12.4. The van der Waals surface area contributed by atoms with Gasteiger partial charge in [0.25, 0.3) is 0 Å². The molecule has 1 aromatic rings. The first kappa shape index (κ1) is 24.3. The molecular weight excluding hydrogens is 402 g/mol. The summed E-state index contributed by atoms with van der Waals surface area (Å²) >= 11 is 6.47. The molecule has 2 amide bonds. The fourth-order valence-corrected chi connectivity index (χ4v) is 4.15. The molecule has 1 aliphatic rings. The summed E-state index contributed by atoms with van der Waals surface area (Å²) in [6.45, 7) is 17.8. The van der Waals surface area contributed by atoms with Crippen LogP contribution in [0.25, 0.3) is 0 Å². The van der Waals surface area contributed by atoms with Crippen molar-refractivity contribution < 1.29 is 14.3 Å². The molecule has 0 radical (unpaired) electrons. The van der Waals surface area contributed by atoms with Gasteiger partial charge >= 0.3 is 6.09 Å². The zero-order valence-corrected chi connectivity index (χ0v) is 20.3. The Morgan fingerprint density at radius 3 is 2.13 bits per heavy atom. The molecule has 0 saturated carbocycles. The summed E-state index contributed by atoms with van der Waals surface area (Å²) in [4.78, 5) is 30.6. The van der Waals surface area contributed by atoms with Crippen LogP contribution in [-0.2, 0) is 9.53 Å². The van der Waals surface area contributed by atoms with Gasteiger partial charge in [-0.1, -0.05) is 17.7 Å². The fourth-order valence-electron chi connectivity index (χ4n) is 3.99. The van der Waals surface area contributed by atoms with Crippen LogP contribution in [0.1, 0.15) is 65.6 Å². The van der Waals surface area contributed by atoms with E-state index in [1.807, 2.05) is 52.5 Å². The Morgan fingerprint density at radius 1 is 1.10 bits per heavy atom. The highest BCUT2D eigenvalue weighted by Crippen LogP contribution is 2.36. The third kappa shape index (κ3) is 5.81. The summed E-state index contributed by atoms with van der Waals surface area (Å²) in [7, 11) is 0. The number of carbonyl (C=O) groups excluding carboxylic acids is 2. The number of hydrogen-bond donors (Lipinski definition) is 0. The van der Waals surface area contributed by atoms with Crippen molar-refractivity contribution in [3.63, 3.8) is 0 Å². The van der Waals surface area contributed by atoms with Crippen LogP contribution in [0.5, 0.6) is 0 Å². The zero-order chi connectivity index (χ0) is 22.8. The van der Waals surface area contributed by atoms with Crippen LogP contribution in [0.4, 0.5) is 10.5 Å². The first-order valence-electron chi connectivity index (χ1n) is 10.6. The highest BCUT2D eigenvalue weighted by Gasteiger charge is 2.29. The van der Waals surface area contributed by atoms with Crippen molar-refractivity contribution in [3.8, 4) is 0 Å². The summed E-state index contributed by atoms with van der Waals surface area (Å²) < 4.78 is 5.50. The van der Waals surface area contributed by atoms with E-state index in [1.165, 1.54) is 0 Å². The van der Waals surface area contributed by atoms with Gasteiger partial charge in [0.1, 0.15) is 5.60 Å². The van der Waals surface area contributed by atoms with Crippen LogP contribution in [-0.4, -0.2) is 59.6 Å². The molecule has 6 nitrogen and oxygen atoms in total. The molecule has 0 aromatic heterocycles. The van der Waals surface area contributed by atoms with Crippen molar-refractivity contribution in [3.05, 3.63) is 28.3 Å². The largest absolute Gasteiger partial charge is 0.444 e. The SMILES string of the molecule is CC(=O)N(C(C)C)C(C)c1cc(C)c(Cl)cc1N1CCN(C(=O)OC(C)(C)C)CC1. The van der Waals surface area contributed by atoms with Gasteiger partial charge in [-0.25, -0.2) is 4.79 Å². The number of hydrogen-bond acceptors (Lipinski definition) is 4. The summed E-state index contributed by atoms with van der Waals surface area (Å²) in [6.07, 6.45) is -0.278. The lowest BCUT2D eigenvalue weighted by molar-refractivity contribution is -0.132. The number of amides is 2. The lowest BCUT2D eigenvalue weighted by atomic mass is 9.99. The van der Waals surface area contributed by atoms with Gasteiger partial charge in [0.2, 0.25) is 5.91 Å². The Kier molecular flexibility index (Phi) is 7.67. The number of aryl methyl sites for hydroxylation is 1. The molecule has 2 rings (SSSR count). The molecule has 7 heteroatoms. The number of rotatable bonds is 4.